The summed E-state index contributed by atoms with van der Waals surface area (Å²) in [5.41, 5.74) is 6.74. The van der Waals surface area contributed by atoms with E-state index in [1.165, 1.54) is 0 Å². The fourth-order valence-electron chi connectivity index (χ4n) is 1.87. The Kier molecular flexibility index (Phi) is 4.59. The Labute approximate surface area is 124 Å². The summed E-state index contributed by atoms with van der Waals surface area (Å²) in [6.07, 6.45) is 0. The van der Waals surface area contributed by atoms with Crippen LogP contribution < -0.4 is 11.1 Å². The number of hydrogen-bond acceptors (Lipinski definition) is 3. The second-order valence-electron chi connectivity index (χ2n) is 4.24. The van der Waals surface area contributed by atoms with Crippen LogP contribution in [0, 0.1) is 11.6 Å². The van der Waals surface area contributed by atoms with Gasteiger partial charge in [0.05, 0.1) is 10.7 Å². The first-order chi connectivity index (χ1) is 10.0. The third-order valence-corrected chi connectivity index (χ3v) is 3.16. The molecule has 0 aromatic heterocycles. The topological polar surface area (TPSA) is 70.6 Å². The Morgan fingerprint density at radius 1 is 1.29 bits per heavy atom. The fraction of sp³-hybridized carbons (Fsp3) is 0.0714. The maximum atomic E-state index is 13.7. The molecule has 7 heteroatoms. The average molecular weight is 312 g/mol. The molecule has 21 heavy (non-hydrogen) atoms. The Hall–Kier alpha value is -2.34. The highest BCUT2D eigenvalue weighted by Gasteiger charge is 2.11. The highest BCUT2D eigenvalue weighted by molar-refractivity contribution is 6.33. The predicted molar refractivity (Wildman–Crippen MR) is 77.6 cm³/mol. The van der Waals surface area contributed by atoms with E-state index in [-0.39, 0.29) is 23.1 Å². The van der Waals surface area contributed by atoms with Crippen LogP contribution in [-0.2, 0) is 6.54 Å². The molecule has 0 aliphatic heterocycles. The van der Waals surface area contributed by atoms with E-state index in [1.54, 1.807) is 24.3 Å². The second kappa shape index (κ2) is 6.41. The van der Waals surface area contributed by atoms with Crippen molar-refractivity contribution in [2.75, 3.05) is 5.32 Å². The van der Waals surface area contributed by atoms with Crippen LogP contribution in [0.2, 0.25) is 5.02 Å². The summed E-state index contributed by atoms with van der Waals surface area (Å²) in [7, 11) is 0. The molecule has 0 amide bonds. The molecular weight excluding hydrogens is 300 g/mol. The van der Waals surface area contributed by atoms with Crippen LogP contribution in [0.15, 0.2) is 41.6 Å². The van der Waals surface area contributed by atoms with E-state index in [1.807, 2.05) is 0 Å². The van der Waals surface area contributed by atoms with Crippen LogP contribution >= 0.6 is 11.6 Å². The molecule has 0 heterocycles. The lowest BCUT2D eigenvalue weighted by Gasteiger charge is -2.12. The fourth-order valence-corrected chi connectivity index (χ4v) is 2.13. The summed E-state index contributed by atoms with van der Waals surface area (Å²) in [5.74, 6) is -1.60. The lowest BCUT2D eigenvalue weighted by atomic mass is 10.1. The highest BCUT2D eigenvalue weighted by Crippen LogP contribution is 2.27. The van der Waals surface area contributed by atoms with Gasteiger partial charge in [0.2, 0.25) is 0 Å². The van der Waals surface area contributed by atoms with Gasteiger partial charge in [0.25, 0.3) is 0 Å². The number of hydrogen-bond donors (Lipinski definition) is 3. The molecule has 4 nitrogen and oxygen atoms in total. The molecule has 2 aromatic rings. The molecule has 110 valence electrons. The Bertz CT molecular complexity index is 669. The molecule has 0 unspecified atom stereocenters. The third-order valence-electron chi connectivity index (χ3n) is 2.86. The van der Waals surface area contributed by atoms with Crippen LogP contribution in [0.4, 0.5) is 14.5 Å². The van der Waals surface area contributed by atoms with Crippen molar-refractivity contribution in [1.82, 2.24) is 0 Å². The van der Waals surface area contributed by atoms with Gasteiger partial charge in [-0.15, -0.1) is 0 Å². The van der Waals surface area contributed by atoms with Gasteiger partial charge in [-0.1, -0.05) is 41.0 Å². The van der Waals surface area contributed by atoms with E-state index in [0.717, 1.165) is 12.1 Å². The summed E-state index contributed by atoms with van der Waals surface area (Å²) in [5, 5.41) is 14.4. The summed E-state index contributed by atoms with van der Waals surface area (Å²) < 4.78 is 26.6. The van der Waals surface area contributed by atoms with Crippen molar-refractivity contribution in [2.24, 2.45) is 10.9 Å². The molecule has 4 N–H and O–H groups in total. The van der Waals surface area contributed by atoms with Gasteiger partial charge in [0.1, 0.15) is 5.82 Å². The van der Waals surface area contributed by atoms with E-state index < -0.39 is 11.6 Å². The van der Waals surface area contributed by atoms with E-state index in [0.29, 0.717) is 11.1 Å². The first kappa shape index (κ1) is 15.1. The number of nitrogens with two attached hydrogens (primary N) is 1. The number of nitrogens with one attached hydrogen (secondary N) is 1. The SMILES string of the molecule is N/C(=N/O)c1ccccc1CNc1c(F)cc(F)cc1Cl. The third kappa shape index (κ3) is 3.41. The zero-order valence-corrected chi connectivity index (χ0v) is 11.5. The van der Waals surface area contributed by atoms with E-state index in [9.17, 15) is 8.78 Å². The Morgan fingerprint density at radius 3 is 2.67 bits per heavy atom. The van der Waals surface area contributed by atoms with Gasteiger partial charge in [-0.05, 0) is 11.6 Å². The summed E-state index contributed by atoms with van der Waals surface area (Å²) in [4.78, 5) is 0. The first-order valence-corrected chi connectivity index (χ1v) is 6.35. The van der Waals surface area contributed by atoms with Crippen LogP contribution in [-0.4, -0.2) is 11.0 Å². The molecule has 2 aromatic carbocycles. The van der Waals surface area contributed by atoms with Crippen molar-refractivity contribution >= 4 is 23.1 Å². The number of amidine groups is 1. The molecule has 0 fully saturated rings. The largest absolute Gasteiger partial charge is 0.409 e. The van der Waals surface area contributed by atoms with Crippen molar-refractivity contribution in [2.45, 2.75) is 6.54 Å². The van der Waals surface area contributed by atoms with Gasteiger partial charge in [-0.25, -0.2) is 8.78 Å². The number of anilines is 1. The molecule has 0 saturated heterocycles. The molecule has 2 rings (SSSR count). The molecule has 0 bridgehead atoms. The molecule has 0 aliphatic rings. The molecule has 0 aliphatic carbocycles. The van der Waals surface area contributed by atoms with Crippen LogP contribution in [0.3, 0.4) is 0 Å². The second-order valence-corrected chi connectivity index (χ2v) is 4.65. The molecule has 0 radical (unpaired) electrons. The Balaban J connectivity index is 2.26. The maximum absolute atomic E-state index is 13.7. The lowest BCUT2D eigenvalue weighted by molar-refractivity contribution is 0.318. The van der Waals surface area contributed by atoms with Crippen LogP contribution in [0.1, 0.15) is 11.1 Å². The minimum Gasteiger partial charge on any atom is -0.409 e. The quantitative estimate of drug-likeness (QED) is 0.351. The van der Waals surface area contributed by atoms with Gasteiger partial charge in [-0.2, -0.15) is 0 Å². The van der Waals surface area contributed by atoms with Crippen LogP contribution in [0.5, 0.6) is 0 Å². The number of oxime groups is 1. The smallest absolute Gasteiger partial charge is 0.170 e. The number of rotatable bonds is 4. The summed E-state index contributed by atoms with van der Waals surface area (Å²) in [6.45, 7) is 0.175. The monoisotopic (exact) mass is 311 g/mol. The van der Waals surface area contributed by atoms with Gasteiger partial charge in [0, 0.05) is 18.2 Å². The van der Waals surface area contributed by atoms with Gasteiger partial charge in [-0.3, -0.25) is 0 Å². The number of halogens is 3. The Morgan fingerprint density at radius 2 is 2.00 bits per heavy atom. The normalized spacial score (nSPS) is 11.5. The van der Waals surface area contributed by atoms with Crippen LogP contribution in [0.25, 0.3) is 0 Å². The van der Waals surface area contributed by atoms with Gasteiger partial charge >= 0.3 is 0 Å². The van der Waals surface area contributed by atoms with Gasteiger partial charge in [0.15, 0.2) is 11.7 Å². The van der Waals surface area contributed by atoms with Crippen molar-refractivity contribution < 1.29 is 14.0 Å². The van der Waals surface area contributed by atoms with Crippen molar-refractivity contribution in [3.05, 3.63) is 64.2 Å². The highest BCUT2D eigenvalue weighted by atomic mass is 35.5. The first-order valence-electron chi connectivity index (χ1n) is 5.97. The van der Waals surface area contributed by atoms with E-state index in [2.05, 4.69) is 10.5 Å². The summed E-state index contributed by atoms with van der Waals surface area (Å²) in [6, 6.07) is 8.63. The standard InChI is InChI=1S/C14H12ClF2N3O/c15-11-5-9(16)6-12(17)13(11)19-7-8-3-1-2-4-10(8)14(18)20-21/h1-6,19,21H,7H2,(H2,18,20). The zero-order chi connectivity index (χ0) is 15.4. The molecular formula is C14H12ClF2N3O. The predicted octanol–water partition coefficient (Wildman–Crippen LogP) is 3.32. The van der Waals surface area contributed by atoms with Crippen molar-refractivity contribution in [3.63, 3.8) is 0 Å². The number of benzene rings is 2. The van der Waals surface area contributed by atoms with Crippen molar-refractivity contribution in [3.8, 4) is 0 Å². The minimum atomic E-state index is -0.790. The van der Waals surface area contributed by atoms with E-state index >= 15 is 0 Å². The minimum absolute atomic E-state index is 0.00706. The molecule has 0 atom stereocenters. The molecule has 0 spiro atoms. The lowest BCUT2D eigenvalue weighted by Crippen LogP contribution is -2.17. The average Bonchev–Trinajstić information content (AvgIpc) is 2.45. The zero-order valence-electron chi connectivity index (χ0n) is 10.8. The molecule has 0 saturated carbocycles. The summed E-state index contributed by atoms with van der Waals surface area (Å²) >= 11 is 5.80. The van der Waals surface area contributed by atoms with Gasteiger partial charge < -0.3 is 16.3 Å². The number of nitrogens with zero attached hydrogens (tertiary/aromatic N) is 1. The maximum Gasteiger partial charge on any atom is 0.170 e. The van der Waals surface area contributed by atoms with E-state index in [4.69, 9.17) is 22.5 Å². The van der Waals surface area contributed by atoms with Crippen molar-refractivity contribution in [1.29, 1.82) is 0 Å².